The fourth-order valence-corrected chi connectivity index (χ4v) is 2.08. The lowest BCUT2D eigenvalue weighted by molar-refractivity contribution is -0.384. The molecule has 0 radical (unpaired) electrons. The molecule has 1 aromatic rings. The number of aromatic nitrogens is 1. The Kier molecular flexibility index (Phi) is 4.02. The molecule has 0 unspecified atom stereocenters. The zero-order valence-electron chi connectivity index (χ0n) is 11.5. The predicted molar refractivity (Wildman–Crippen MR) is 74.9 cm³/mol. The lowest BCUT2D eigenvalue weighted by atomic mass is 10.3. The minimum Gasteiger partial charge on any atom is -0.373 e. The summed E-state index contributed by atoms with van der Waals surface area (Å²) in [5, 5.41) is 13.7. The zero-order chi connectivity index (χ0) is 14.7. The van der Waals surface area contributed by atoms with E-state index >= 15 is 0 Å². The third-order valence-electron chi connectivity index (χ3n) is 3.26. The van der Waals surface area contributed by atoms with E-state index in [-0.39, 0.29) is 18.1 Å². The van der Waals surface area contributed by atoms with Crippen molar-refractivity contribution in [2.75, 3.05) is 43.9 Å². The highest BCUT2D eigenvalue weighted by Crippen LogP contribution is 2.24. The van der Waals surface area contributed by atoms with Gasteiger partial charge in [0.05, 0.1) is 23.6 Å². The van der Waals surface area contributed by atoms with E-state index in [1.807, 2.05) is 0 Å². The third kappa shape index (κ3) is 2.95. The lowest BCUT2D eigenvalue weighted by Gasteiger charge is -2.21. The Bertz CT molecular complexity index is 534. The highest BCUT2D eigenvalue weighted by atomic mass is 16.6. The van der Waals surface area contributed by atoms with Crippen molar-refractivity contribution in [1.29, 1.82) is 0 Å². The maximum absolute atomic E-state index is 11.9. The van der Waals surface area contributed by atoms with Gasteiger partial charge in [-0.1, -0.05) is 0 Å². The highest BCUT2D eigenvalue weighted by molar-refractivity contribution is 5.81. The molecule has 0 aliphatic carbocycles. The van der Waals surface area contributed by atoms with E-state index in [4.69, 9.17) is 0 Å². The maximum Gasteiger partial charge on any atom is 0.276 e. The number of pyridine rings is 1. The Labute approximate surface area is 116 Å². The molecule has 1 aliphatic heterocycles. The molecule has 1 aliphatic rings. The Hall–Kier alpha value is -2.38. The van der Waals surface area contributed by atoms with Gasteiger partial charge in [0.25, 0.3) is 5.69 Å². The van der Waals surface area contributed by atoms with Gasteiger partial charge in [-0.05, 0) is 6.42 Å². The second-order valence-corrected chi connectivity index (χ2v) is 4.67. The van der Waals surface area contributed by atoms with Crippen LogP contribution in [0.4, 0.5) is 17.3 Å². The van der Waals surface area contributed by atoms with E-state index in [0.29, 0.717) is 24.7 Å². The van der Waals surface area contributed by atoms with Crippen LogP contribution in [0.2, 0.25) is 0 Å². The molecule has 1 fully saturated rings. The van der Waals surface area contributed by atoms with Crippen molar-refractivity contribution in [2.45, 2.75) is 6.42 Å². The van der Waals surface area contributed by atoms with Gasteiger partial charge < -0.3 is 15.1 Å². The van der Waals surface area contributed by atoms with E-state index in [1.165, 1.54) is 12.1 Å². The molecule has 2 heterocycles. The van der Waals surface area contributed by atoms with Gasteiger partial charge in [0.2, 0.25) is 5.91 Å². The zero-order valence-corrected chi connectivity index (χ0v) is 11.5. The van der Waals surface area contributed by atoms with Gasteiger partial charge in [-0.25, -0.2) is 4.98 Å². The number of likely N-dealkylation sites (N-methyl/N-ethyl adjacent to an activating group) is 1. The summed E-state index contributed by atoms with van der Waals surface area (Å²) < 4.78 is 0. The van der Waals surface area contributed by atoms with Crippen LogP contribution < -0.4 is 10.2 Å². The maximum atomic E-state index is 11.9. The number of nitro groups is 1. The second-order valence-electron chi connectivity index (χ2n) is 4.67. The smallest absolute Gasteiger partial charge is 0.276 e. The van der Waals surface area contributed by atoms with Crippen LogP contribution in [0.1, 0.15) is 6.42 Å². The quantitative estimate of drug-likeness (QED) is 0.647. The van der Waals surface area contributed by atoms with E-state index in [9.17, 15) is 14.9 Å². The van der Waals surface area contributed by atoms with E-state index in [0.717, 1.165) is 6.42 Å². The van der Waals surface area contributed by atoms with Crippen LogP contribution in [0.15, 0.2) is 12.1 Å². The monoisotopic (exact) mass is 279 g/mol. The first-order valence-corrected chi connectivity index (χ1v) is 6.34. The van der Waals surface area contributed by atoms with Crippen LogP contribution in [-0.4, -0.2) is 54.4 Å². The first-order chi connectivity index (χ1) is 9.51. The van der Waals surface area contributed by atoms with Crippen LogP contribution in [0.3, 0.4) is 0 Å². The molecule has 2 rings (SSSR count). The summed E-state index contributed by atoms with van der Waals surface area (Å²) in [5.74, 6) is 0.855. The standard InChI is InChI=1S/C12H17N5O3/c1-13-10-6-9(17(19)20)7-11(14-10)16-5-3-4-15(2)12(18)8-16/h6-7H,3-5,8H2,1-2H3,(H,13,14). The first kappa shape index (κ1) is 14.0. The molecule has 0 spiro atoms. The van der Waals surface area contributed by atoms with Gasteiger partial charge in [-0.15, -0.1) is 0 Å². The van der Waals surface area contributed by atoms with Crippen molar-refractivity contribution < 1.29 is 9.72 Å². The molecular weight excluding hydrogens is 262 g/mol. The summed E-state index contributed by atoms with van der Waals surface area (Å²) in [6.07, 6.45) is 0.807. The summed E-state index contributed by atoms with van der Waals surface area (Å²) in [7, 11) is 3.41. The number of anilines is 2. The van der Waals surface area contributed by atoms with Crippen LogP contribution in [-0.2, 0) is 4.79 Å². The second kappa shape index (κ2) is 5.72. The van der Waals surface area contributed by atoms with Gasteiger partial charge in [-0.3, -0.25) is 14.9 Å². The predicted octanol–water partition coefficient (Wildman–Crippen LogP) is 0.700. The van der Waals surface area contributed by atoms with Gasteiger partial charge in [-0.2, -0.15) is 0 Å². The number of nitrogens with one attached hydrogen (secondary N) is 1. The number of nitrogens with zero attached hydrogens (tertiary/aromatic N) is 4. The SMILES string of the molecule is CNc1cc([N+](=O)[O-])cc(N2CCCN(C)C(=O)C2)n1. The Balaban J connectivity index is 2.33. The van der Waals surface area contributed by atoms with E-state index < -0.39 is 4.92 Å². The summed E-state index contributed by atoms with van der Waals surface area (Å²) in [5.41, 5.74) is -0.0376. The Morgan fingerprint density at radius 1 is 1.40 bits per heavy atom. The largest absolute Gasteiger partial charge is 0.373 e. The molecule has 108 valence electrons. The van der Waals surface area contributed by atoms with Crippen molar-refractivity contribution in [3.8, 4) is 0 Å². The molecule has 20 heavy (non-hydrogen) atoms. The number of hydrogen-bond donors (Lipinski definition) is 1. The van der Waals surface area contributed by atoms with Crippen molar-refractivity contribution in [3.63, 3.8) is 0 Å². The number of rotatable bonds is 3. The molecule has 0 bridgehead atoms. The third-order valence-corrected chi connectivity index (χ3v) is 3.26. The molecular formula is C12H17N5O3. The molecule has 0 aromatic carbocycles. The van der Waals surface area contributed by atoms with Crippen molar-refractivity contribution in [3.05, 3.63) is 22.2 Å². The normalized spacial score (nSPS) is 16.0. The van der Waals surface area contributed by atoms with Gasteiger partial charge in [0.1, 0.15) is 11.6 Å². The van der Waals surface area contributed by atoms with Crippen LogP contribution in [0.25, 0.3) is 0 Å². The van der Waals surface area contributed by atoms with Crippen molar-refractivity contribution in [2.24, 2.45) is 0 Å². The number of hydrogen-bond acceptors (Lipinski definition) is 6. The van der Waals surface area contributed by atoms with Gasteiger partial charge >= 0.3 is 0 Å². The Morgan fingerprint density at radius 2 is 2.15 bits per heavy atom. The summed E-state index contributed by atoms with van der Waals surface area (Å²) in [4.78, 5) is 30.1. The topological polar surface area (TPSA) is 91.6 Å². The summed E-state index contributed by atoms with van der Waals surface area (Å²) in [6.45, 7) is 1.52. The fourth-order valence-electron chi connectivity index (χ4n) is 2.08. The van der Waals surface area contributed by atoms with E-state index in [2.05, 4.69) is 10.3 Å². The summed E-state index contributed by atoms with van der Waals surface area (Å²) in [6, 6.07) is 2.77. The molecule has 1 N–H and O–H groups in total. The summed E-state index contributed by atoms with van der Waals surface area (Å²) >= 11 is 0. The highest BCUT2D eigenvalue weighted by Gasteiger charge is 2.22. The van der Waals surface area contributed by atoms with E-state index in [1.54, 1.807) is 23.9 Å². The van der Waals surface area contributed by atoms with Crippen LogP contribution >= 0.6 is 0 Å². The molecule has 8 nitrogen and oxygen atoms in total. The molecule has 1 aromatic heterocycles. The molecule has 8 heteroatoms. The van der Waals surface area contributed by atoms with Gasteiger partial charge in [0, 0.05) is 27.2 Å². The number of carbonyl (C=O) groups is 1. The minimum absolute atomic E-state index is 0.0122. The molecule has 0 saturated carbocycles. The Morgan fingerprint density at radius 3 is 2.80 bits per heavy atom. The van der Waals surface area contributed by atoms with Crippen LogP contribution in [0.5, 0.6) is 0 Å². The molecule has 1 saturated heterocycles. The average molecular weight is 279 g/mol. The first-order valence-electron chi connectivity index (χ1n) is 6.34. The van der Waals surface area contributed by atoms with Gasteiger partial charge in [0.15, 0.2) is 0 Å². The minimum atomic E-state index is -0.461. The lowest BCUT2D eigenvalue weighted by Crippen LogP contribution is -2.34. The fraction of sp³-hybridized carbons (Fsp3) is 0.500. The van der Waals surface area contributed by atoms with Crippen molar-refractivity contribution in [1.82, 2.24) is 9.88 Å². The number of amides is 1. The van der Waals surface area contributed by atoms with Crippen molar-refractivity contribution >= 4 is 23.2 Å². The number of carbonyl (C=O) groups excluding carboxylic acids is 1. The molecule has 1 amide bonds. The average Bonchev–Trinajstić information content (AvgIpc) is 2.60. The molecule has 0 atom stereocenters. The van der Waals surface area contributed by atoms with Crippen LogP contribution in [0, 0.1) is 10.1 Å².